The maximum Gasteiger partial charge on any atom is 0.279 e. The van der Waals surface area contributed by atoms with Gasteiger partial charge in [0.05, 0.1) is 24.3 Å². The SMILES string of the molecule is O=C(C[NH+]1CCCCCC1)Nc1ccccc1C(=O)NC1CCCC1. The summed E-state index contributed by atoms with van der Waals surface area (Å²) in [4.78, 5) is 26.4. The quantitative estimate of drug-likeness (QED) is 0.762. The van der Waals surface area contributed by atoms with Gasteiger partial charge in [0, 0.05) is 6.04 Å². The Morgan fingerprint density at radius 2 is 1.64 bits per heavy atom. The van der Waals surface area contributed by atoms with E-state index in [1.165, 1.54) is 43.4 Å². The summed E-state index contributed by atoms with van der Waals surface area (Å²) in [5, 5.41) is 6.07. The molecule has 25 heavy (non-hydrogen) atoms. The lowest BCUT2D eigenvalue weighted by Crippen LogP contribution is -3.12. The summed E-state index contributed by atoms with van der Waals surface area (Å²) in [5.41, 5.74) is 1.19. The Hall–Kier alpha value is -1.88. The number of nitrogens with one attached hydrogen (secondary N) is 3. The molecule has 3 N–H and O–H groups in total. The number of anilines is 1. The van der Waals surface area contributed by atoms with E-state index in [0.29, 0.717) is 17.8 Å². The van der Waals surface area contributed by atoms with Gasteiger partial charge in [0.15, 0.2) is 6.54 Å². The van der Waals surface area contributed by atoms with E-state index in [9.17, 15) is 9.59 Å². The molecule has 1 aliphatic heterocycles. The molecule has 5 heteroatoms. The minimum absolute atomic E-state index is 0.00184. The molecular formula is C20H30N3O2+. The van der Waals surface area contributed by atoms with Crippen LogP contribution in [0.1, 0.15) is 61.7 Å². The van der Waals surface area contributed by atoms with Crippen molar-refractivity contribution in [3.05, 3.63) is 29.8 Å². The Labute approximate surface area is 150 Å². The fourth-order valence-corrected chi connectivity index (χ4v) is 3.95. The van der Waals surface area contributed by atoms with Crippen molar-refractivity contribution < 1.29 is 14.5 Å². The molecule has 0 bridgehead atoms. The lowest BCUT2D eigenvalue weighted by molar-refractivity contribution is -0.890. The average molecular weight is 344 g/mol. The highest BCUT2D eigenvalue weighted by atomic mass is 16.2. The number of hydrogen-bond donors (Lipinski definition) is 3. The number of benzene rings is 1. The first-order valence-corrected chi connectivity index (χ1v) is 9.75. The van der Waals surface area contributed by atoms with E-state index < -0.39 is 0 Å². The van der Waals surface area contributed by atoms with Crippen LogP contribution in [0, 0.1) is 0 Å². The van der Waals surface area contributed by atoms with E-state index in [1.807, 2.05) is 18.2 Å². The summed E-state index contributed by atoms with van der Waals surface area (Å²) in [5.74, 6) is -0.0806. The number of likely N-dealkylation sites (tertiary alicyclic amines) is 1. The highest BCUT2D eigenvalue weighted by molar-refractivity contribution is 6.04. The summed E-state index contributed by atoms with van der Waals surface area (Å²) >= 11 is 0. The van der Waals surface area contributed by atoms with E-state index in [2.05, 4.69) is 10.6 Å². The summed E-state index contributed by atoms with van der Waals surface area (Å²) in [6.07, 6.45) is 9.41. The van der Waals surface area contributed by atoms with E-state index in [1.54, 1.807) is 6.07 Å². The van der Waals surface area contributed by atoms with Crippen LogP contribution in [0.25, 0.3) is 0 Å². The van der Waals surface area contributed by atoms with Crippen molar-refractivity contribution in [3.63, 3.8) is 0 Å². The number of carbonyl (C=O) groups excluding carboxylic acids is 2. The third-order valence-electron chi connectivity index (χ3n) is 5.36. The molecule has 1 aromatic rings. The number of para-hydroxylation sites is 1. The monoisotopic (exact) mass is 344 g/mol. The first-order chi connectivity index (χ1) is 12.2. The molecule has 136 valence electrons. The van der Waals surface area contributed by atoms with Gasteiger partial charge in [-0.15, -0.1) is 0 Å². The maximum atomic E-state index is 12.6. The Balaban J connectivity index is 1.59. The predicted octanol–water partition coefficient (Wildman–Crippen LogP) is 1.76. The fraction of sp³-hybridized carbons (Fsp3) is 0.600. The standard InChI is InChI=1S/C20H29N3O2/c24-19(15-23-13-7-1-2-8-14-23)22-18-12-6-5-11-17(18)20(25)21-16-9-3-4-10-16/h5-6,11-12,16H,1-4,7-10,13-15H2,(H,21,25)(H,22,24)/p+1. The van der Waals surface area contributed by atoms with Crippen molar-refractivity contribution in [3.8, 4) is 0 Å². The van der Waals surface area contributed by atoms with Crippen LogP contribution >= 0.6 is 0 Å². The molecule has 2 amide bonds. The van der Waals surface area contributed by atoms with Crippen LogP contribution < -0.4 is 15.5 Å². The first kappa shape index (κ1) is 17.9. The zero-order chi connectivity index (χ0) is 17.5. The highest BCUT2D eigenvalue weighted by Gasteiger charge is 2.21. The van der Waals surface area contributed by atoms with Crippen LogP contribution in [0.4, 0.5) is 5.69 Å². The Morgan fingerprint density at radius 1 is 0.960 bits per heavy atom. The lowest BCUT2D eigenvalue weighted by Gasteiger charge is -2.18. The van der Waals surface area contributed by atoms with Gasteiger partial charge in [-0.05, 0) is 50.7 Å². The predicted molar refractivity (Wildman–Crippen MR) is 98.8 cm³/mol. The number of carbonyl (C=O) groups is 2. The number of amides is 2. The largest absolute Gasteiger partial charge is 0.349 e. The average Bonchev–Trinajstić information content (AvgIpc) is 2.98. The van der Waals surface area contributed by atoms with Gasteiger partial charge in [0.25, 0.3) is 11.8 Å². The molecule has 0 aromatic heterocycles. The number of rotatable bonds is 5. The third kappa shape index (κ3) is 5.30. The maximum absolute atomic E-state index is 12.6. The molecule has 3 rings (SSSR count). The molecule has 1 heterocycles. The summed E-state index contributed by atoms with van der Waals surface area (Å²) in [6, 6.07) is 7.59. The molecule has 0 unspecified atom stereocenters. The Bertz CT molecular complexity index is 588. The second kappa shape index (κ2) is 8.99. The van der Waals surface area contributed by atoms with Gasteiger partial charge in [-0.3, -0.25) is 9.59 Å². The summed E-state index contributed by atoms with van der Waals surface area (Å²) in [6.45, 7) is 2.62. The number of quaternary nitrogens is 1. The van der Waals surface area contributed by atoms with Crippen molar-refractivity contribution in [1.29, 1.82) is 0 Å². The van der Waals surface area contributed by atoms with Gasteiger partial charge in [-0.25, -0.2) is 0 Å². The smallest absolute Gasteiger partial charge is 0.279 e. The van der Waals surface area contributed by atoms with Crippen molar-refractivity contribution in [2.45, 2.75) is 57.4 Å². The zero-order valence-corrected chi connectivity index (χ0v) is 15.0. The summed E-state index contributed by atoms with van der Waals surface area (Å²) in [7, 11) is 0. The molecule has 5 nitrogen and oxygen atoms in total. The van der Waals surface area contributed by atoms with Gasteiger partial charge >= 0.3 is 0 Å². The van der Waals surface area contributed by atoms with Crippen LogP contribution in [-0.4, -0.2) is 37.5 Å². The number of hydrogen-bond acceptors (Lipinski definition) is 2. The summed E-state index contributed by atoms with van der Waals surface area (Å²) < 4.78 is 0. The molecule has 1 aliphatic carbocycles. The molecule has 0 radical (unpaired) electrons. The molecule has 0 spiro atoms. The van der Waals surface area contributed by atoms with Crippen LogP contribution in [0.3, 0.4) is 0 Å². The minimum Gasteiger partial charge on any atom is -0.349 e. The van der Waals surface area contributed by atoms with E-state index >= 15 is 0 Å². The normalized spacial score (nSPS) is 19.4. The van der Waals surface area contributed by atoms with Crippen LogP contribution in [0.5, 0.6) is 0 Å². The van der Waals surface area contributed by atoms with Crippen LogP contribution in [-0.2, 0) is 4.79 Å². The molecule has 2 aliphatic rings. The minimum atomic E-state index is -0.0788. The second-order valence-electron chi connectivity index (χ2n) is 7.39. The van der Waals surface area contributed by atoms with Crippen LogP contribution in [0.2, 0.25) is 0 Å². The van der Waals surface area contributed by atoms with E-state index in [0.717, 1.165) is 25.9 Å². The van der Waals surface area contributed by atoms with Crippen molar-refractivity contribution in [1.82, 2.24) is 5.32 Å². The topological polar surface area (TPSA) is 62.6 Å². The first-order valence-electron chi connectivity index (χ1n) is 9.75. The molecular weight excluding hydrogens is 314 g/mol. The Kier molecular flexibility index (Phi) is 6.45. The van der Waals surface area contributed by atoms with Gasteiger partial charge in [0.1, 0.15) is 0 Å². The van der Waals surface area contributed by atoms with E-state index in [-0.39, 0.29) is 17.9 Å². The highest BCUT2D eigenvalue weighted by Crippen LogP contribution is 2.20. The Morgan fingerprint density at radius 3 is 2.36 bits per heavy atom. The van der Waals surface area contributed by atoms with Crippen molar-refractivity contribution >= 4 is 17.5 Å². The van der Waals surface area contributed by atoms with Gasteiger partial charge in [0.2, 0.25) is 0 Å². The van der Waals surface area contributed by atoms with Gasteiger partial charge in [-0.1, -0.05) is 25.0 Å². The molecule has 2 fully saturated rings. The molecule has 0 atom stereocenters. The molecule has 1 aromatic carbocycles. The lowest BCUT2D eigenvalue weighted by atomic mass is 10.1. The molecule has 1 saturated heterocycles. The van der Waals surface area contributed by atoms with Gasteiger partial charge < -0.3 is 15.5 Å². The second-order valence-corrected chi connectivity index (χ2v) is 7.39. The zero-order valence-electron chi connectivity index (χ0n) is 15.0. The third-order valence-corrected chi connectivity index (χ3v) is 5.36. The van der Waals surface area contributed by atoms with Crippen molar-refractivity contribution in [2.75, 3.05) is 25.0 Å². The van der Waals surface area contributed by atoms with Crippen molar-refractivity contribution in [2.24, 2.45) is 0 Å². The van der Waals surface area contributed by atoms with E-state index in [4.69, 9.17) is 0 Å². The van der Waals surface area contributed by atoms with Crippen LogP contribution in [0.15, 0.2) is 24.3 Å². The fourth-order valence-electron chi connectivity index (χ4n) is 3.95. The molecule has 1 saturated carbocycles. The van der Waals surface area contributed by atoms with Gasteiger partial charge in [-0.2, -0.15) is 0 Å².